The minimum atomic E-state index is -3.88. The first-order valence-corrected chi connectivity index (χ1v) is 9.61. The molecule has 0 aliphatic carbocycles. The number of nitrogens with one attached hydrogen (secondary N) is 2. The van der Waals surface area contributed by atoms with Crippen molar-refractivity contribution in [1.29, 1.82) is 0 Å². The molecule has 0 aliphatic rings. The summed E-state index contributed by atoms with van der Waals surface area (Å²) >= 11 is 1.24. The van der Waals surface area contributed by atoms with Crippen LogP contribution in [0.25, 0.3) is 0 Å². The highest BCUT2D eigenvalue weighted by Crippen LogP contribution is 2.22. The predicted octanol–water partition coefficient (Wildman–Crippen LogP) is 1.31. The number of nitrogens with zero attached hydrogens (tertiary/aromatic N) is 1. The van der Waals surface area contributed by atoms with E-state index in [4.69, 9.17) is 5.73 Å². The molecule has 2 rings (SSSR count). The van der Waals surface area contributed by atoms with Crippen molar-refractivity contribution in [2.45, 2.75) is 31.7 Å². The number of aromatic nitrogens is 1. The molecule has 1 heterocycles. The average molecular weight is 368 g/mol. The summed E-state index contributed by atoms with van der Waals surface area (Å²) in [5.41, 5.74) is 7.80. The van der Waals surface area contributed by atoms with Crippen LogP contribution in [-0.2, 0) is 14.8 Å². The lowest BCUT2D eigenvalue weighted by atomic mass is 10.1. The number of hydrogen-bond acceptors (Lipinski definition) is 6. The van der Waals surface area contributed by atoms with Crippen molar-refractivity contribution in [1.82, 2.24) is 9.71 Å². The minimum absolute atomic E-state index is 0.166. The molecule has 0 saturated heterocycles. The number of nitrogens with two attached hydrogens (primary N) is 1. The molecule has 1 aromatic heterocycles. The molecule has 0 spiro atoms. The lowest BCUT2D eigenvalue weighted by Gasteiger charge is -2.18. The average Bonchev–Trinajstić information content (AvgIpc) is 2.96. The van der Waals surface area contributed by atoms with Crippen molar-refractivity contribution < 1.29 is 13.2 Å². The van der Waals surface area contributed by atoms with Gasteiger partial charge in [-0.2, -0.15) is 4.72 Å². The van der Waals surface area contributed by atoms with Gasteiger partial charge in [0.15, 0.2) is 5.13 Å². The molecule has 0 bridgehead atoms. The molecular weight excluding hydrogens is 348 g/mol. The fourth-order valence-electron chi connectivity index (χ4n) is 2.52. The number of sulfonamides is 1. The monoisotopic (exact) mass is 368 g/mol. The molecule has 4 N–H and O–H groups in total. The number of amides is 1. The Bertz CT molecular complexity index is 809. The maximum absolute atomic E-state index is 12.7. The zero-order chi connectivity index (χ0) is 17.9. The first-order valence-electron chi connectivity index (χ1n) is 7.25. The highest BCUT2D eigenvalue weighted by atomic mass is 32.2. The van der Waals surface area contributed by atoms with Crippen LogP contribution in [0.1, 0.15) is 16.7 Å². The third-order valence-electron chi connectivity index (χ3n) is 3.39. The van der Waals surface area contributed by atoms with E-state index >= 15 is 0 Å². The SMILES string of the molecule is Cc1cc(C)c(S(=O)(=O)NC(CN)C(=O)Nc2nccs2)c(C)c1. The summed E-state index contributed by atoms with van der Waals surface area (Å²) in [6, 6.07) is 2.49. The summed E-state index contributed by atoms with van der Waals surface area (Å²) in [5.74, 6) is -0.543. The molecule has 130 valence electrons. The molecule has 0 saturated carbocycles. The summed E-state index contributed by atoms with van der Waals surface area (Å²) < 4.78 is 27.8. The maximum atomic E-state index is 12.7. The molecule has 0 fully saturated rings. The van der Waals surface area contributed by atoms with Gasteiger partial charge in [0.2, 0.25) is 15.9 Å². The lowest BCUT2D eigenvalue weighted by molar-refractivity contribution is -0.117. The molecule has 9 heteroatoms. The fraction of sp³-hybridized carbons (Fsp3) is 0.333. The topological polar surface area (TPSA) is 114 Å². The molecule has 1 amide bonds. The maximum Gasteiger partial charge on any atom is 0.245 e. The van der Waals surface area contributed by atoms with E-state index in [1.165, 1.54) is 11.3 Å². The van der Waals surface area contributed by atoms with Crippen LogP contribution in [0.2, 0.25) is 0 Å². The standard InChI is InChI=1S/C15H20N4O3S2/c1-9-6-10(2)13(11(3)7-9)24(21,22)19-12(8-16)14(20)18-15-17-4-5-23-15/h4-7,12,19H,8,16H2,1-3H3,(H,17,18,20). The van der Waals surface area contributed by atoms with Gasteiger partial charge in [0, 0.05) is 18.1 Å². The number of aryl methyl sites for hydroxylation is 3. The number of hydrogen-bond donors (Lipinski definition) is 3. The Morgan fingerprint density at radius 3 is 2.42 bits per heavy atom. The van der Waals surface area contributed by atoms with E-state index in [-0.39, 0.29) is 11.4 Å². The second kappa shape index (κ2) is 7.39. The van der Waals surface area contributed by atoms with E-state index in [0.29, 0.717) is 16.3 Å². The van der Waals surface area contributed by atoms with Crippen LogP contribution in [0.5, 0.6) is 0 Å². The Hall–Kier alpha value is -1.81. The predicted molar refractivity (Wildman–Crippen MR) is 94.6 cm³/mol. The van der Waals surface area contributed by atoms with Crippen LogP contribution in [0.3, 0.4) is 0 Å². The second-order valence-corrected chi connectivity index (χ2v) is 8.01. The van der Waals surface area contributed by atoms with Crippen molar-refractivity contribution in [3.05, 3.63) is 40.4 Å². The molecule has 7 nitrogen and oxygen atoms in total. The van der Waals surface area contributed by atoms with Crippen molar-refractivity contribution in [3.8, 4) is 0 Å². The molecule has 1 atom stereocenters. The van der Waals surface area contributed by atoms with E-state index in [9.17, 15) is 13.2 Å². The number of rotatable bonds is 6. The van der Waals surface area contributed by atoms with Gasteiger partial charge < -0.3 is 11.1 Å². The van der Waals surface area contributed by atoms with Crippen LogP contribution >= 0.6 is 11.3 Å². The number of thiazole rings is 1. The third kappa shape index (κ3) is 4.18. The molecule has 0 radical (unpaired) electrons. The van der Waals surface area contributed by atoms with Crippen LogP contribution in [0, 0.1) is 20.8 Å². The smallest absolute Gasteiger partial charge is 0.245 e. The van der Waals surface area contributed by atoms with Gasteiger partial charge in [-0.15, -0.1) is 11.3 Å². The number of anilines is 1. The van der Waals surface area contributed by atoms with Gasteiger partial charge in [-0.3, -0.25) is 4.79 Å². The molecule has 1 unspecified atom stereocenters. The Labute approximate surface area is 145 Å². The van der Waals surface area contributed by atoms with Crippen LogP contribution in [-0.4, -0.2) is 31.9 Å². The highest BCUT2D eigenvalue weighted by molar-refractivity contribution is 7.89. The van der Waals surface area contributed by atoms with Crippen molar-refractivity contribution in [2.24, 2.45) is 5.73 Å². The van der Waals surface area contributed by atoms with Gasteiger partial charge in [-0.1, -0.05) is 17.7 Å². The summed E-state index contributed by atoms with van der Waals surface area (Å²) in [7, 11) is -3.88. The van der Waals surface area contributed by atoms with Crippen molar-refractivity contribution >= 4 is 32.4 Å². The summed E-state index contributed by atoms with van der Waals surface area (Å²) in [6.07, 6.45) is 1.54. The second-order valence-electron chi connectivity index (χ2n) is 5.46. The van der Waals surface area contributed by atoms with Gasteiger partial charge in [-0.25, -0.2) is 13.4 Å². The fourth-order valence-corrected chi connectivity index (χ4v) is 4.72. The summed E-state index contributed by atoms with van der Waals surface area (Å²) in [6.45, 7) is 5.18. The largest absolute Gasteiger partial charge is 0.328 e. The Morgan fingerprint density at radius 1 is 1.29 bits per heavy atom. The molecule has 0 aliphatic heterocycles. The first-order chi connectivity index (χ1) is 11.2. The Kier molecular flexibility index (Phi) is 5.70. The van der Waals surface area contributed by atoms with Gasteiger partial charge in [0.05, 0.1) is 4.90 Å². The van der Waals surface area contributed by atoms with E-state index in [2.05, 4.69) is 15.0 Å². The Balaban J connectivity index is 2.25. The third-order valence-corrected chi connectivity index (χ3v) is 5.85. The lowest BCUT2D eigenvalue weighted by Crippen LogP contribution is -2.48. The molecular formula is C15H20N4O3S2. The summed E-state index contributed by atoms with van der Waals surface area (Å²) in [4.78, 5) is 16.3. The Morgan fingerprint density at radius 2 is 1.92 bits per heavy atom. The molecule has 1 aromatic carbocycles. The molecule has 24 heavy (non-hydrogen) atoms. The van der Waals surface area contributed by atoms with Gasteiger partial charge in [-0.05, 0) is 31.9 Å². The summed E-state index contributed by atoms with van der Waals surface area (Å²) in [5, 5.41) is 4.64. The minimum Gasteiger partial charge on any atom is -0.328 e. The van der Waals surface area contributed by atoms with Gasteiger partial charge >= 0.3 is 0 Å². The van der Waals surface area contributed by atoms with E-state index < -0.39 is 22.0 Å². The number of carbonyl (C=O) groups excluding carboxylic acids is 1. The van der Waals surface area contributed by atoms with Gasteiger partial charge in [0.1, 0.15) is 6.04 Å². The zero-order valence-corrected chi connectivity index (χ0v) is 15.3. The van der Waals surface area contributed by atoms with E-state index in [1.54, 1.807) is 37.6 Å². The zero-order valence-electron chi connectivity index (χ0n) is 13.7. The number of benzene rings is 1. The van der Waals surface area contributed by atoms with Crippen molar-refractivity contribution in [2.75, 3.05) is 11.9 Å². The van der Waals surface area contributed by atoms with Crippen LogP contribution < -0.4 is 15.8 Å². The van der Waals surface area contributed by atoms with Crippen molar-refractivity contribution in [3.63, 3.8) is 0 Å². The normalized spacial score (nSPS) is 12.8. The van der Waals surface area contributed by atoms with E-state index in [0.717, 1.165) is 5.56 Å². The molecule has 2 aromatic rings. The number of carbonyl (C=O) groups is 1. The van der Waals surface area contributed by atoms with Gasteiger partial charge in [0.25, 0.3) is 0 Å². The van der Waals surface area contributed by atoms with E-state index in [1.807, 2.05) is 6.92 Å². The first kappa shape index (κ1) is 18.5. The quantitative estimate of drug-likeness (QED) is 0.711. The highest BCUT2D eigenvalue weighted by Gasteiger charge is 2.27. The van der Waals surface area contributed by atoms with Crippen LogP contribution in [0.15, 0.2) is 28.6 Å². The van der Waals surface area contributed by atoms with Crippen LogP contribution in [0.4, 0.5) is 5.13 Å².